The average molecular weight is 246 g/mol. The standard InChI is InChI=1S/C10H18N2O5/c13-4-1-8(9(14)15)12-10(16)11-7-2-5-17-6-3-7/h7-8,13H,1-6H2,(H,14,15)(H2,11,12,16)/t8-/m0/s1. The van der Waals surface area contributed by atoms with Crippen LogP contribution in [-0.2, 0) is 9.53 Å². The molecule has 1 saturated heterocycles. The van der Waals surface area contributed by atoms with E-state index < -0.39 is 18.0 Å². The predicted molar refractivity (Wildman–Crippen MR) is 58.6 cm³/mol. The van der Waals surface area contributed by atoms with Gasteiger partial charge in [-0.25, -0.2) is 9.59 Å². The zero-order chi connectivity index (χ0) is 12.7. The van der Waals surface area contributed by atoms with Gasteiger partial charge in [-0.05, 0) is 12.8 Å². The number of carbonyl (C=O) groups excluding carboxylic acids is 1. The highest BCUT2D eigenvalue weighted by molar-refractivity contribution is 5.82. The van der Waals surface area contributed by atoms with Gasteiger partial charge in [0.05, 0.1) is 0 Å². The van der Waals surface area contributed by atoms with Gasteiger partial charge < -0.3 is 25.6 Å². The van der Waals surface area contributed by atoms with Crippen LogP contribution >= 0.6 is 0 Å². The van der Waals surface area contributed by atoms with E-state index in [0.29, 0.717) is 13.2 Å². The van der Waals surface area contributed by atoms with Gasteiger partial charge in [0.1, 0.15) is 6.04 Å². The predicted octanol–water partition coefficient (Wildman–Crippen LogP) is -0.700. The molecular formula is C10H18N2O5. The SMILES string of the molecule is O=C(NC1CCOCC1)N[C@@H](CCO)C(=O)O. The fraction of sp³-hybridized carbons (Fsp3) is 0.800. The first-order valence-corrected chi connectivity index (χ1v) is 5.62. The topological polar surface area (TPSA) is 108 Å². The van der Waals surface area contributed by atoms with Gasteiger partial charge in [0.15, 0.2) is 0 Å². The Morgan fingerprint density at radius 1 is 1.35 bits per heavy atom. The zero-order valence-corrected chi connectivity index (χ0v) is 9.52. The van der Waals surface area contributed by atoms with Crippen molar-refractivity contribution >= 4 is 12.0 Å². The molecule has 1 aliphatic heterocycles. The van der Waals surface area contributed by atoms with Gasteiger partial charge in [-0.15, -0.1) is 0 Å². The van der Waals surface area contributed by atoms with Gasteiger partial charge in [-0.2, -0.15) is 0 Å². The first kappa shape index (κ1) is 13.7. The number of carboxylic acids is 1. The number of carbonyl (C=O) groups is 2. The molecule has 1 atom stereocenters. The molecule has 0 bridgehead atoms. The molecule has 0 aliphatic carbocycles. The van der Waals surface area contributed by atoms with Crippen LogP contribution in [0.4, 0.5) is 4.79 Å². The molecule has 1 rings (SSSR count). The lowest BCUT2D eigenvalue weighted by Gasteiger charge is -2.24. The normalized spacial score (nSPS) is 18.4. The van der Waals surface area contributed by atoms with E-state index in [-0.39, 0.29) is 19.1 Å². The van der Waals surface area contributed by atoms with E-state index in [1.807, 2.05) is 0 Å². The van der Waals surface area contributed by atoms with Crippen LogP contribution in [-0.4, -0.2) is 54.1 Å². The zero-order valence-electron chi connectivity index (χ0n) is 9.52. The van der Waals surface area contributed by atoms with Crippen molar-refractivity contribution in [2.45, 2.75) is 31.3 Å². The molecule has 7 nitrogen and oxygen atoms in total. The molecule has 7 heteroatoms. The third-order valence-electron chi connectivity index (χ3n) is 2.58. The largest absolute Gasteiger partial charge is 0.480 e. The number of hydrogen-bond donors (Lipinski definition) is 4. The number of aliphatic carboxylic acids is 1. The van der Waals surface area contributed by atoms with Crippen LogP contribution in [0.5, 0.6) is 0 Å². The summed E-state index contributed by atoms with van der Waals surface area (Å²) in [5, 5.41) is 22.5. The summed E-state index contributed by atoms with van der Waals surface area (Å²) >= 11 is 0. The number of nitrogens with one attached hydrogen (secondary N) is 2. The number of hydrogen-bond acceptors (Lipinski definition) is 4. The molecule has 0 aromatic rings. The van der Waals surface area contributed by atoms with Gasteiger partial charge in [0, 0.05) is 32.3 Å². The highest BCUT2D eigenvalue weighted by atomic mass is 16.5. The van der Waals surface area contributed by atoms with E-state index >= 15 is 0 Å². The summed E-state index contributed by atoms with van der Waals surface area (Å²) in [5.74, 6) is -1.15. The molecule has 17 heavy (non-hydrogen) atoms. The second kappa shape index (κ2) is 7.08. The maximum absolute atomic E-state index is 11.5. The Kier molecular flexibility index (Phi) is 5.71. The van der Waals surface area contributed by atoms with Crippen LogP contribution in [0.2, 0.25) is 0 Å². The minimum absolute atomic E-state index is 0.00344. The Morgan fingerprint density at radius 2 is 2.00 bits per heavy atom. The van der Waals surface area contributed by atoms with Crippen molar-refractivity contribution in [3.63, 3.8) is 0 Å². The highest BCUT2D eigenvalue weighted by Crippen LogP contribution is 2.05. The van der Waals surface area contributed by atoms with E-state index in [4.69, 9.17) is 14.9 Å². The molecule has 0 unspecified atom stereocenters. The summed E-state index contributed by atoms with van der Waals surface area (Å²) in [7, 11) is 0. The number of aliphatic hydroxyl groups is 1. The van der Waals surface area contributed by atoms with Gasteiger partial charge in [-0.1, -0.05) is 0 Å². The summed E-state index contributed by atoms with van der Waals surface area (Å²) in [4.78, 5) is 22.2. The number of aliphatic hydroxyl groups excluding tert-OH is 1. The van der Waals surface area contributed by atoms with Crippen molar-refractivity contribution in [3.8, 4) is 0 Å². The van der Waals surface area contributed by atoms with Crippen LogP contribution < -0.4 is 10.6 Å². The van der Waals surface area contributed by atoms with E-state index in [9.17, 15) is 9.59 Å². The Hall–Kier alpha value is -1.34. The molecule has 98 valence electrons. The van der Waals surface area contributed by atoms with Gasteiger partial charge in [0.2, 0.25) is 0 Å². The summed E-state index contributed by atoms with van der Waals surface area (Å²) in [5.41, 5.74) is 0. The molecule has 0 radical (unpaired) electrons. The minimum atomic E-state index is -1.15. The maximum Gasteiger partial charge on any atom is 0.326 e. The van der Waals surface area contributed by atoms with E-state index in [1.165, 1.54) is 0 Å². The Labute approximate surface area is 99.1 Å². The molecule has 4 N–H and O–H groups in total. The Morgan fingerprint density at radius 3 is 2.53 bits per heavy atom. The third kappa shape index (κ3) is 5.01. The van der Waals surface area contributed by atoms with Crippen molar-refractivity contribution in [2.24, 2.45) is 0 Å². The second-order valence-electron chi connectivity index (χ2n) is 3.91. The quantitative estimate of drug-likeness (QED) is 0.513. The van der Waals surface area contributed by atoms with E-state index in [2.05, 4.69) is 10.6 Å². The average Bonchev–Trinajstić information content (AvgIpc) is 2.29. The highest BCUT2D eigenvalue weighted by Gasteiger charge is 2.21. The lowest BCUT2D eigenvalue weighted by molar-refractivity contribution is -0.139. The summed E-state index contributed by atoms with van der Waals surface area (Å²) in [6.07, 6.45) is 1.45. The van der Waals surface area contributed by atoms with Crippen LogP contribution in [0.3, 0.4) is 0 Å². The van der Waals surface area contributed by atoms with Crippen molar-refractivity contribution in [2.75, 3.05) is 19.8 Å². The van der Waals surface area contributed by atoms with Crippen LogP contribution in [0, 0.1) is 0 Å². The van der Waals surface area contributed by atoms with Gasteiger partial charge >= 0.3 is 12.0 Å². The van der Waals surface area contributed by atoms with Crippen LogP contribution in [0.1, 0.15) is 19.3 Å². The molecular weight excluding hydrogens is 228 g/mol. The number of carboxylic acid groups (broad SMARTS) is 1. The molecule has 0 aromatic carbocycles. The first-order chi connectivity index (χ1) is 8.13. The van der Waals surface area contributed by atoms with Gasteiger partial charge in [-0.3, -0.25) is 0 Å². The summed E-state index contributed by atoms with van der Waals surface area (Å²) in [6, 6.07) is -1.55. The third-order valence-corrected chi connectivity index (χ3v) is 2.58. The van der Waals surface area contributed by atoms with Crippen molar-refractivity contribution in [3.05, 3.63) is 0 Å². The lowest BCUT2D eigenvalue weighted by Crippen LogP contribution is -2.50. The summed E-state index contributed by atoms with van der Waals surface area (Å²) < 4.78 is 5.14. The van der Waals surface area contributed by atoms with E-state index in [1.54, 1.807) is 0 Å². The minimum Gasteiger partial charge on any atom is -0.480 e. The number of ether oxygens (including phenoxy) is 1. The molecule has 1 heterocycles. The lowest BCUT2D eigenvalue weighted by atomic mass is 10.1. The Balaban J connectivity index is 2.33. The number of amides is 2. The van der Waals surface area contributed by atoms with Crippen LogP contribution in [0.15, 0.2) is 0 Å². The molecule has 0 aromatic heterocycles. The molecule has 0 spiro atoms. The first-order valence-electron chi connectivity index (χ1n) is 5.62. The number of urea groups is 1. The molecule has 1 fully saturated rings. The van der Waals surface area contributed by atoms with Crippen molar-refractivity contribution in [1.82, 2.24) is 10.6 Å². The van der Waals surface area contributed by atoms with Crippen molar-refractivity contribution in [1.29, 1.82) is 0 Å². The Bertz CT molecular complexity index is 265. The van der Waals surface area contributed by atoms with Gasteiger partial charge in [0.25, 0.3) is 0 Å². The number of rotatable bonds is 5. The fourth-order valence-electron chi connectivity index (χ4n) is 1.61. The summed E-state index contributed by atoms with van der Waals surface area (Å²) in [6.45, 7) is 0.919. The maximum atomic E-state index is 11.5. The van der Waals surface area contributed by atoms with E-state index in [0.717, 1.165) is 12.8 Å². The fourth-order valence-corrected chi connectivity index (χ4v) is 1.61. The smallest absolute Gasteiger partial charge is 0.326 e. The second-order valence-corrected chi connectivity index (χ2v) is 3.91. The monoisotopic (exact) mass is 246 g/mol. The molecule has 1 aliphatic rings. The molecule has 2 amide bonds. The van der Waals surface area contributed by atoms with Crippen LogP contribution in [0.25, 0.3) is 0 Å². The molecule has 0 saturated carbocycles. The van der Waals surface area contributed by atoms with Crippen molar-refractivity contribution < 1.29 is 24.5 Å².